The molecular formula is C22H22N6O2. The molecule has 1 atom stereocenters. The summed E-state index contributed by atoms with van der Waals surface area (Å²) in [6.07, 6.45) is 3.22. The largest absolute Gasteiger partial charge is 0.375 e. The van der Waals surface area contributed by atoms with Crippen LogP contribution in [0.5, 0.6) is 0 Å². The molecule has 1 N–H and O–H groups in total. The monoisotopic (exact) mass is 402 g/mol. The van der Waals surface area contributed by atoms with Gasteiger partial charge in [-0.25, -0.2) is 9.97 Å². The Balaban J connectivity index is 1.47. The molecule has 0 spiro atoms. The third kappa shape index (κ3) is 3.25. The highest BCUT2D eigenvalue weighted by atomic mass is 16.5. The Labute approximate surface area is 173 Å². The molecule has 0 saturated carbocycles. The molecule has 4 heterocycles. The predicted molar refractivity (Wildman–Crippen MR) is 113 cm³/mol. The zero-order valence-electron chi connectivity index (χ0n) is 16.9. The van der Waals surface area contributed by atoms with Gasteiger partial charge < -0.3 is 9.64 Å². The SMILES string of the molecule is Cc1cc2cc(C(=O)N3CCO[C@@H](C)C3)cnc2n1-c1ccc(-c2ncn[nH]2)cc1. The van der Waals surface area contributed by atoms with Crippen molar-refractivity contribution in [1.82, 2.24) is 29.6 Å². The maximum Gasteiger partial charge on any atom is 0.255 e. The smallest absolute Gasteiger partial charge is 0.255 e. The molecule has 1 fully saturated rings. The lowest BCUT2D eigenvalue weighted by Crippen LogP contribution is -2.44. The van der Waals surface area contributed by atoms with E-state index < -0.39 is 0 Å². The number of morpholine rings is 1. The Morgan fingerprint density at radius 2 is 2.03 bits per heavy atom. The molecule has 8 nitrogen and oxygen atoms in total. The van der Waals surface area contributed by atoms with Crippen LogP contribution in [0.25, 0.3) is 28.1 Å². The second-order valence-electron chi connectivity index (χ2n) is 7.57. The van der Waals surface area contributed by atoms with Crippen molar-refractivity contribution in [2.24, 2.45) is 0 Å². The number of nitrogens with one attached hydrogen (secondary N) is 1. The van der Waals surface area contributed by atoms with Gasteiger partial charge in [-0.15, -0.1) is 0 Å². The van der Waals surface area contributed by atoms with Gasteiger partial charge in [0.15, 0.2) is 5.82 Å². The van der Waals surface area contributed by atoms with Crippen LogP contribution in [0, 0.1) is 6.92 Å². The summed E-state index contributed by atoms with van der Waals surface area (Å²) in [5.41, 5.74) is 4.45. The number of rotatable bonds is 3. The third-order valence-electron chi connectivity index (χ3n) is 5.41. The normalized spacial score (nSPS) is 16.9. The molecule has 0 unspecified atom stereocenters. The van der Waals surface area contributed by atoms with E-state index in [4.69, 9.17) is 4.74 Å². The fraction of sp³-hybridized carbons (Fsp3) is 0.273. The molecule has 1 amide bonds. The minimum Gasteiger partial charge on any atom is -0.375 e. The number of hydrogen-bond acceptors (Lipinski definition) is 5. The van der Waals surface area contributed by atoms with Gasteiger partial charge in [0.05, 0.1) is 18.3 Å². The molecule has 8 heteroatoms. The highest BCUT2D eigenvalue weighted by molar-refractivity contribution is 5.97. The summed E-state index contributed by atoms with van der Waals surface area (Å²) >= 11 is 0. The van der Waals surface area contributed by atoms with Crippen LogP contribution in [0.15, 0.2) is 48.9 Å². The van der Waals surface area contributed by atoms with E-state index in [0.717, 1.165) is 33.8 Å². The Kier molecular flexibility index (Phi) is 4.55. The second kappa shape index (κ2) is 7.38. The van der Waals surface area contributed by atoms with Crippen molar-refractivity contribution < 1.29 is 9.53 Å². The number of amides is 1. The van der Waals surface area contributed by atoms with E-state index in [1.807, 2.05) is 49.1 Å². The van der Waals surface area contributed by atoms with E-state index in [1.165, 1.54) is 6.33 Å². The van der Waals surface area contributed by atoms with Gasteiger partial charge in [-0.2, -0.15) is 5.10 Å². The van der Waals surface area contributed by atoms with E-state index in [0.29, 0.717) is 25.3 Å². The summed E-state index contributed by atoms with van der Waals surface area (Å²) in [5.74, 6) is 0.732. The van der Waals surface area contributed by atoms with Crippen LogP contribution >= 0.6 is 0 Å². The molecule has 1 aliphatic rings. The molecule has 30 heavy (non-hydrogen) atoms. The van der Waals surface area contributed by atoms with E-state index in [1.54, 1.807) is 6.20 Å². The number of nitrogens with zero attached hydrogens (tertiary/aromatic N) is 5. The van der Waals surface area contributed by atoms with Crippen LogP contribution < -0.4 is 0 Å². The Bertz CT molecular complexity index is 1200. The van der Waals surface area contributed by atoms with Crippen LogP contribution in [-0.2, 0) is 4.74 Å². The third-order valence-corrected chi connectivity index (χ3v) is 5.41. The van der Waals surface area contributed by atoms with E-state index in [9.17, 15) is 4.79 Å². The number of carbonyl (C=O) groups is 1. The van der Waals surface area contributed by atoms with Crippen molar-refractivity contribution in [2.75, 3.05) is 19.7 Å². The first-order valence-electron chi connectivity index (χ1n) is 9.95. The lowest BCUT2D eigenvalue weighted by atomic mass is 10.2. The van der Waals surface area contributed by atoms with Gasteiger partial charge in [-0.05, 0) is 50.2 Å². The van der Waals surface area contributed by atoms with Gasteiger partial charge in [0.1, 0.15) is 12.0 Å². The molecule has 4 aromatic rings. The summed E-state index contributed by atoms with van der Waals surface area (Å²) in [4.78, 5) is 23.6. The number of hydrogen-bond donors (Lipinski definition) is 1. The first-order chi connectivity index (χ1) is 14.6. The van der Waals surface area contributed by atoms with Crippen molar-refractivity contribution >= 4 is 16.9 Å². The molecule has 3 aromatic heterocycles. The highest BCUT2D eigenvalue weighted by Crippen LogP contribution is 2.25. The molecule has 5 rings (SSSR count). The molecule has 0 bridgehead atoms. The molecule has 152 valence electrons. The topological polar surface area (TPSA) is 88.9 Å². The summed E-state index contributed by atoms with van der Waals surface area (Å²) in [5, 5.41) is 7.71. The maximum absolute atomic E-state index is 12.9. The van der Waals surface area contributed by atoms with Crippen LogP contribution in [-0.4, -0.2) is 61.3 Å². The minimum absolute atomic E-state index is 0.00126. The van der Waals surface area contributed by atoms with Crippen molar-refractivity contribution in [3.63, 3.8) is 0 Å². The van der Waals surface area contributed by atoms with Gasteiger partial charge in [0.2, 0.25) is 0 Å². The standard InChI is InChI=1S/C22H22N6O2/c1-14-9-17-10-18(22(29)27-7-8-30-15(2)12-27)11-23-21(17)28(14)19-5-3-16(4-6-19)20-24-13-25-26-20/h3-6,9-11,13,15H,7-8,12H2,1-2H3,(H,24,25,26)/t15-/m0/s1. The summed E-state index contributed by atoms with van der Waals surface area (Å²) in [6.45, 7) is 5.81. The zero-order valence-corrected chi connectivity index (χ0v) is 16.9. The van der Waals surface area contributed by atoms with Crippen molar-refractivity contribution in [3.8, 4) is 17.1 Å². The Morgan fingerprint density at radius 3 is 2.77 bits per heavy atom. The number of H-pyrrole nitrogens is 1. The van der Waals surface area contributed by atoms with Crippen LogP contribution in [0.3, 0.4) is 0 Å². The Morgan fingerprint density at radius 1 is 1.20 bits per heavy atom. The van der Waals surface area contributed by atoms with Crippen LogP contribution in [0.1, 0.15) is 23.0 Å². The summed E-state index contributed by atoms with van der Waals surface area (Å²) in [7, 11) is 0. The fourth-order valence-corrected chi connectivity index (χ4v) is 3.97. The van der Waals surface area contributed by atoms with Gasteiger partial charge in [-0.1, -0.05) is 0 Å². The van der Waals surface area contributed by atoms with Crippen molar-refractivity contribution in [2.45, 2.75) is 20.0 Å². The number of fused-ring (bicyclic) bond motifs is 1. The fourth-order valence-electron chi connectivity index (χ4n) is 3.97. The lowest BCUT2D eigenvalue weighted by Gasteiger charge is -2.31. The summed E-state index contributed by atoms with van der Waals surface area (Å²) in [6, 6.07) is 12.0. The van der Waals surface area contributed by atoms with Gasteiger partial charge in [0.25, 0.3) is 5.91 Å². The first-order valence-corrected chi connectivity index (χ1v) is 9.95. The van der Waals surface area contributed by atoms with Crippen LogP contribution in [0.2, 0.25) is 0 Å². The van der Waals surface area contributed by atoms with Crippen LogP contribution in [0.4, 0.5) is 0 Å². The average molecular weight is 402 g/mol. The Hall–Kier alpha value is -3.52. The predicted octanol–water partition coefficient (Wildman–Crippen LogP) is 2.98. The van der Waals surface area contributed by atoms with Gasteiger partial charge in [0, 0.05) is 41.6 Å². The number of pyridine rings is 1. The van der Waals surface area contributed by atoms with E-state index in [2.05, 4.69) is 30.8 Å². The zero-order chi connectivity index (χ0) is 20.7. The lowest BCUT2D eigenvalue weighted by molar-refractivity contribution is -0.0124. The number of benzene rings is 1. The number of ether oxygens (including phenoxy) is 1. The number of aromatic amines is 1. The van der Waals surface area contributed by atoms with E-state index in [-0.39, 0.29) is 12.0 Å². The summed E-state index contributed by atoms with van der Waals surface area (Å²) < 4.78 is 7.63. The van der Waals surface area contributed by atoms with Gasteiger partial charge >= 0.3 is 0 Å². The minimum atomic E-state index is 0.00126. The molecule has 1 aliphatic heterocycles. The molecule has 1 saturated heterocycles. The second-order valence-corrected chi connectivity index (χ2v) is 7.57. The molecular weight excluding hydrogens is 380 g/mol. The number of aryl methyl sites for hydroxylation is 1. The number of carbonyl (C=O) groups excluding carboxylic acids is 1. The van der Waals surface area contributed by atoms with E-state index >= 15 is 0 Å². The van der Waals surface area contributed by atoms with Crippen molar-refractivity contribution in [1.29, 1.82) is 0 Å². The molecule has 0 aliphatic carbocycles. The molecule has 0 radical (unpaired) electrons. The maximum atomic E-state index is 12.9. The molecule has 1 aromatic carbocycles. The van der Waals surface area contributed by atoms with Gasteiger partial charge in [-0.3, -0.25) is 14.5 Å². The highest BCUT2D eigenvalue weighted by Gasteiger charge is 2.23. The average Bonchev–Trinajstić information content (AvgIpc) is 3.40. The quantitative estimate of drug-likeness (QED) is 0.569. The van der Waals surface area contributed by atoms with Crippen molar-refractivity contribution in [3.05, 3.63) is 60.2 Å². The number of aromatic nitrogens is 5. The first kappa shape index (κ1) is 18.5.